The normalized spacial score (nSPS) is 20.1. The van der Waals surface area contributed by atoms with Crippen molar-refractivity contribution in [3.63, 3.8) is 0 Å². The third kappa shape index (κ3) is 2.97. The van der Waals surface area contributed by atoms with Crippen LogP contribution in [0.2, 0.25) is 10.3 Å². The number of carbonyl (C=O) groups excluding carboxylic acids is 1. The number of amides is 1. The van der Waals surface area contributed by atoms with Crippen molar-refractivity contribution in [3.8, 4) is 0 Å². The Morgan fingerprint density at radius 3 is 2.53 bits per heavy atom. The fraction of sp³-hybridized carbons (Fsp3) is 0.400. The summed E-state index contributed by atoms with van der Waals surface area (Å²) in [5.41, 5.74) is 1.02. The van der Waals surface area contributed by atoms with E-state index in [0.29, 0.717) is 11.3 Å². The van der Waals surface area contributed by atoms with Crippen molar-refractivity contribution in [2.75, 3.05) is 11.4 Å². The molecule has 1 fully saturated rings. The van der Waals surface area contributed by atoms with Crippen molar-refractivity contribution in [1.82, 2.24) is 4.98 Å². The van der Waals surface area contributed by atoms with Gasteiger partial charge in [-0.1, -0.05) is 23.2 Å². The number of hydrogen-bond donors (Lipinski definition) is 0. The summed E-state index contributed by atoms with van der Waals surface area (Å²) in [5.74, 6) is -0.358. The first-order valence-corrected chi connectivity index (χ1v) is 8.39. The predicted molar refractivity (Wildman–Crippen MR) is 74.5 cm³/mol. The van der Waals surface area contributed by atoms with E-state index in [2.05, 4.69) is 4.98 Å². The molecule has 19 heavy (non-hydrogen) atoms. The van der Waals surface area contributed by atoms with Crippen molar-refractivity contribution < 1.29 is 13.2 Å². The minimum absolute atomic E-state index is 0.0332. The molecule has 0 bridgehead atoms. The van der Waals surface area contributed by atoms with Gasteiger partial charge in [0.25, 0.3) is 0 Å². The molecule has 0 saturated carbocycles. The van der Waals surface area contributed by atoms with E-state index < -0.39 is 14.3 Å². The molecule has 1 aliphatic heterocycles. The number of aryl methyl sites for hydroxylation is 1. The van der Waals surface area contributed by atoms with E-state index in [0.717, 1.165) is 0 Å². The van der Waals surface area contributed by atoms with Crippen molar-refractivity contribution in [1.29, 1.82) is 0 Å². The quantitative estimate of drug-likeness (QED) is 0.611. The summed E-state index contributed by atoms with van der Waals surface area (Å²) in [5, 5.41) is -0.668. The molecule has 1 aromatic rings. The zero-order valence-corrected chi connectivity index (χ0v) is 12.8. The molecule has 104 valence electrons. The molecule has 2 heterocycles. The molecule has 0 radical (unpaired) electrons. The highest BCUT2D eigenvalue weighted by molar-refractivity contribution is 8.14. The minimum atomic E-state index is -3.79. The maximum Gasteiger partial charge on any atom is 0.237 e. The smallest absolute Gasteiger partial charge is 0.237 e. The van der Waals surface area contributed by atoms with Gasteiger partial charge in [-0.15, -0.1) is 0 Å². The van der Waals surface area contributed by atoms with Crippen molar-refractivity contribution in [3.05, 3.63) is 21.9 Å². The summed E-state index contributed by atoms with van der Waals surface area (Å²) in [6.07, 6.45) is -0.162. The first-order chi connectivity index (χ1) is 8.70. The average Bonchev–Trinajstić information content (AvgIpc) is 2.59. The van der Waals surface area contributed by atoms with Gasteiger partial charge in [0.1, 0.15) is 10.4 Å². The molecular formula is C10H9Cl3N2O3S. The van der Waals surface area contributed by atoms with E-state index in [1.807, 2.05) is 0 Å². The zero-order chi connectivity index (χ0) is 14.4. The molecule has 5 nitrogen and oxygen atoms in total. The Hall–Kier alpha value is -0.560. The molecule has 0 aromatic carbocycles. The van der Waals surface area contributed by atoms with Gasteiger partial charge < -0.3 is 4.90 Å². The number of carbonyl (C=O) groups is 1. The lowest BCUT2D eigenvalue weighted by molar-refractivity contribution is -0.117. The van der Waals surface area contributed by atoms with E-state index in [9.17, 15) is 13.2 Å². The van der Waals surface area contributed by atoms with Gasteiger partial charge in [0, 0.05) is 23.6 Å². The Labute approximate surface area is 124 Å². The number of rotatable bonds is 2. The van der Waals surface area contributed by atoms with Crippen LogP contribution in [-0.2, 0) is 13.8 Å². The van der Waals surface area contributed by atoms with Crippen LogP contribution in [0.4, 0.5) is 5.69 Å². The van der Waals surface area contributed by atoms with Crippen molar-refractivity contribution in [2.45, 2.75) is 18.6 Å². The summed E-state index contributed by atoms with van der Waals surface area (Å²) < 4.78 is 22.6. The van der Waals surface area contributed by atoms with Crippen molar-refractivity contribution >= 4 is 54.5 Å². The third-order valence-corrected chi connectivity index (χ3v) is 5.19. The van der Waals surface area contributed by atoms with Gasteiger partial charge in [-0.2, -0.15) is 0 Å². The van der Waals surface area contributed by atoms with Gasteiger partial charge >= 0.3 is 0 Å². The SMILES string of the molecule is Cc1cc(Cl)nc(Cl)c1N1CC(S(=O)(=O)Cl)CC1=O. The van der Waals surface area contributed by atoms with Gasteiger partial charge in [-0.05, 0) is 18.6 Å². The minimum Gasteiger partial charge on any atom is -0.308 e. The second-order valence-corrected chi connectivity index (χ2v) is 7.86. The molecule has 1 aromatic heterocycles. The summed E-state index contributed by atoms with van der Waals surface area (Å²) >= 11 is 11.7. The Morgan fingerprint density at radius 2 is 2.05 bits per heavy atom. The standard InChI is InChI=1S/C10H9Cl3N2O3S/c1-5-2-7(11)14-10(12)9(5)15-4-6(3-8(15)16)19(13,17)18/h2,6H,3-4H2,1H3. The number of pyridine rings is 1. The van der Waals surface area contributed by atoms with Gasteiger partial charge in [0.2, 0.25) is 15.0 Å². The number of aromatic nitrogens is 1. The maximum atomic E-state index is 11.9. The first kappa shape index (κ1) is 14.8. The largest absolute Gasteiger partial charge is 0.308 e. The van der Waals surface area contributed by atoms with Crippen LogP contribution in [0.3, 0.4) is 0 Å². The van der Waals surface area contributed by atoms with E-state index in [4.69, 9.17) is 33.9 Å². The van der Waals surface area contributed by atoms with Crippen LogP contribution in [0, 0.1) is 6.92 Å². The monoisotopic (exact) mass is 342 g/mol. The highest BCUT2D eigenvalue weighted by Crippen LogP contribution is 2.34. The van der Waals surface area contributed by atoms with Gasteiger partial charge in [0.15, 0.2) is 5.15 Å². The van der Waals surface area contributed by atoms with Gasteiger partial charge in [-0.3, -0.25) is 4.79 Å². The molecule has 1 saturated heterocycles. The fourth-order valence-electron chi connectivity index (χ4n) is 1.99. The van der Waals surface area contributed by atoms with E-state index in [1.165, 1.54) is 4.90 Å². The number of halogens is 3. The van der Waals surface area contributed by atoms with Crippen LogP contribution in [0.1, 0.15) is 12.0 Å². The molecule has 1 amide bonds. The van der Waals surface area contributed by atoms with Crippen LogP contribution in [0.15, 0.2) is 6.07 Å². The fourth-order valence-corrected chi connectivity index (χ4v) is 3.65. The molecule has 1 unspecified atom stereocenters. The molecule has 2 rings (SSSR count). The number of anilines is 1. The molecule has 0 spiro atoms. The van der Waals surface area contributed by atoms with Crippen LogP contribution >= 0.6 is 33.9 Å². The molecule has 9 heteroatoms. The highest BCUT2D eigenvalue weighted by Gasteiger charge is 2.39. The number of nitrogens with zero attached hydrogens (tertiary/aromatic N) is 2. The predicted octanol–water partition coefficient (Wildman–Crippen LogP) is 2.37. The highest BCUT2D eigenvalue weighted by atomic mass is 35.7. The molecule has 0 aliphatic carbocycles. The number of hydrogen-bond acceptors (Lipinski definition) is 4. The average molecular weight is 344 g/mol. The lowest BCUT2D eigenvalue weighted by atomic mass is 10.2. The lowest BCUT2D eigenvalue weighted by Gasteiger charge is -2.19. The Kier molecular flexibility index (Phi) is 3.97. The Morgan fingerprint density at radius 1 is 1.42 bits per heavy atom. The first-order valence-electron chi connectivity index (χ1n) is 5.26. The lowest BCUT2D eigenvalue weighted by Crippen LogP contribution is -2.28. The third-order valence-electron chi connectivity index (χ3n) is 2.87. The molecule has 1 atom stereocenters. The van der Waals surface area contributed by atoms with Gasteiger partial charge in [0.05, 0.1) is 5.69 Å². The van der Waals surface area contributed by atoms with Crippen LogP contribution in [0.5, 0.6) is 0 Å². The van der Waals surface area contributed by atoms with E-state index >= 15 is 0 Å². The topological polar surface area (TPSA) is 67.3 Å². The van der Waals surface area contributed by atoms with E-state index in [1.54, 1.807) is 13.0 Å². The zero-order valence-electron chi connectivity index (χ0n) is 9.73. The summed E-state index contributed by atoms with van der Waals surface area (Å²) in [6.45, 7) is 1.68. The summed E-state index contributed by atoms with van der Waals surface area (Å²) in [4.78, 5) is 17.0. The van der Waals surface area contributed by atoms with Gasteiger partial charge in [-0.25, -0.2) is 13.4 Å². The summed E-state index contributed by atoms with van der Waals surface area (Å²) in [7, 11) is 1.50. The molecule has 0 N–H and O–H groups in total. The summed E-state index contributed by atoms with van der Waals surface area (Å²) in [6, 6.07) is 1.55. The molecular weight excluding hydrogens is 335 g/mol. The van der Waals surface area contributed by atoms with Crippen LogP contribution in [-0.4, -0.2) is 31.1 Å². The second-order valence-electron chi connectivity index (χ2n) is 4.21. The Bertz CT molecular complexity index is 624. The Balaban J connectivity index is 2.42. The van der Waals surface area contributed by atoms with Crippen LogP contribution < -0.4 is 4.90 Å². The maximum absolute atomic E-state index is 11.9. The van der Waals surface area contributed by atoms with Crippen molar-refractivity contribution in [2.24, 2.45) is 0 Å². The van der Waals surface area contributed by atoms with E-state index in [-0.39, 0.29) is 29.2 Å². The molecule has 1 aliphatic rings. The second kappa shape index (κ2) is 5.09. The van der Waals surface area contributed by atoms with Crippen LogP contribution in [0.25, 0.3) is 0 Å².